The molecule has 0 heterocycles. The van der Waals surface area contributed by atoms with Gasteiger partial charge in [-0.2, -0.15) is 5.26 Å². The van der Waals surface area contributed by atoms with E-state index in [0.717, 1.165) is 25.7 Å². The van der Waals surface area contributed by atoms with Crippen molar-refractivity contribution in [2.75, 3.05) is 0 Å². The molecule has 2 aliphatic carbocycles. The Bertz CT molecular complexity index is 383. The highest BCUT2D eigenvalue weighted by atomic mass is 16.5. The van der Waals surface area contributed by atoms with Gasteiger partial charge in [0.2, 0.25) is 0 Å². The van der Waals surface area contributed by atoms with Gasteiger partial charge in [-0.05, 0) is 63.7 Å². The molecule has 0 aromatic carbocycles. The molecule has 2 aliphatic rings. The lowest BCUT2D eigenvalue weighted by atomic mass is 9.79. The lowest BCUT2D eigenvalue weighted by Gasteiger charge is -2.28. The Balaban J connectivity index is 1.94. The van der Waals surface area contributed by atoms with E-state index in [1.807, 2.05) is 20.8 Å². The summed E-state index contributed by atoms with van der Waals surface area (Å²) in [5, 5.41) is 8.83. The summed E-state index contributed by atoms with van der Waals surface area (Å²) in [6.45, 7) is 5.93. The first kappa shape index (κ1) is 14.4. The van der Waals surface area contributed by atoms with E-state index in [1.165, 1.54) is 6.42 Å². The largest absolute Gasteiger partial charge is 0.462 e. The zero-order valence-corrected chi connectivity index (χ0v) is 12.3. The number of carbonyl (C=O) groups is 1. The number of hydrogen-bond donors (Lipinski definition) is 0. The molecule has 2 fully saturated rings. The van der Waals surface area contributed by atoms with Gasteiger partial charge in [0.05, 0.1) is 11.5 Å². The van der Waals surface area contributed by atoms with E-state index in [9.17, 15) is 4.79 Å². The van der Waals surface area contributed by atoms with Crippen LogP contribution in [-0.4, -0.2) is 12.1 Å². The molecule has 0 aliphatic heterocycles. The number of esters is 1. The summed E-state index contributed by atoms with van der Waals surface area (Å²) in [5.41, 5.74) is -0.372. The molecule has 106 valence electrons. The van der Waals surface area contributed by atoms with E-state index in [0.29, 0.717) is 24.2 Å². The maximum Gasteiger partial charge on any atom is 0.311 e. The number of hydrogen-bond acceptors (Lipinski definition) is 3. The van der Waals surface area contributed by atoms with Crippen molar-refractivity contribution in [1.82, 2.24) is 0 Å². The SMILES string of the molecule is CCC(C)(C)C(=O)OC1CC2CC(CC#N)CC1C2. The number of carbonyl (C=O) groups excluding carboxylic acids is 1. The van der Waals surface area contributed by atoms with Crippen LogP contribution in [0, 0.1) is 34.5 Å². The zero-order chi connectivity index (χ0) is 14.0. The van der Waals surface area contributed by atoms with E-state index in [1.54, 1.807) is 0 Å². The molecule has 0 aromatic rings. The van der Waals surface area contributed by atoms with E-state index in [4.69, 9.17) is 10.00 Å². The molecule has 0 radical (unpaired) electrons. The van der Waals surface area contributed by atoms with Crippen molar-refractivity contribution in [2.24, 2.45) is 23.2 Å². The molecule has 4 unspecified atom stereocenters. The lowest BCUT2D eigenvalue weighted by Crippen LogP contribution is -2.32. The molecular weight excluding hydrogens is 238 g/mol. The number of rotatable bonds is 4. The van der Waals surface area contributed by atoms with Gasteiger partial charge in [-0.15, -0.1) is 0 Å². The highest BCUT2D eigenvalue weighted by molar-refractivity contribution is 5.76. The monoisotopic (exact) mass is 263 g/mol. The van der Waals surface area contributed by atoms with Crippen LogP contribution in [-0.2, 0) is 9.53 Å². The van der Waals surface area contributed by atoms with Crippen LogP contribution in [0.5, 0.6) is 0 Å². The Morgan fingerprint density at radius 2 is 2.05 bits per heavy atom. The predicted molar refractivity (Wildman–Crippen MR) is 73.1 cm³/mol. The highest BCUT2D eigenvalue weighted by Crippen LogP contribution is 2.47. The maximum atomic E-state index is 12.2. The molecule has 2 bridgehead atoms. The van der Waals surface area contributed by atoms with Crippen molar-refractivity contribution in [3.8, 4) is 6.07 Å². The third kappa shape index (κ3) is 3.11. The molecule has 0 N–H and O–H groups in total. The van der Waals surface area contributed by atoms with Crippen molar-refractivity contribution >= 4 is 5.97 Å². The fourth-order valence-corrected chi connectivity index (χ4v) is 3.51. The molecule has 4 atom stereocenters. The van der Waals surface area contributed by atoms with Crippen LogP contribution >= 0.6 is 0 Å². The second-order valence-electron chi connectivity index (χ2n) is 6.98. The number of ether oxygens (including phenoxy) is 1. The van der Waals surface area contributed by atoms with Crippen LogP contribution in [0.4, 0.5) is 0 Å². The second kappa shape index (κ2) is 5.53. The summed E-state index contributed by atoms with van der Waals surface area (Å²) in [7, 11) is 0. The summed E-state index contributed by atoms with van der Waals surface area (Å²) < 4.78 is 5.79. The standard InChI is InChI=1S/C16H25NO2/c1-4-16(2,3)15(18)19-14-10-12-7-11(5-6-17)8-13(14)9-12/h11-14H,4-5,7-10H2,1-3H3. The summed E-state index contributed by atoms with van der Waals surface area (Å²) in [4.78, 5) is 12.2. The maximum absolute atomic E-state index is 12.2. The molecule has 2 saturated carbocycles. The van der Waals surface area contributed by atoms with Crippen LogP contribution < -0.4 is 0 Å². The first-order valence-corrected chi connectivity index (χ1v) is 7.54. The Hall–Kier alpha value is -1.04. The van der Waals surface area contributed by atoms with Crippen LogP contribution in [0.25, 0.3) is 0 Å². The number of nitriles is 1. The van der Waals surface area contributed by atoms with Gasteiger partial charge in [-0.1, -0.05) is 6.92 Å². The molecular formula is C16H25NO2. The number of nitrogens with zero attached hydrogens (tertiary/aromatic N) is 1. The van der Waals surface area contributed by atoms with Crippen molar-refractivity contribution in [3.63, 3.8) is 0 Å². The minimum atomic E-state index is -0.372. The molecule has 0 amide bonds. The van der Waals surface area contributed by atoms with Crippen LogP contribution in [0.2, 0.25) is 0 Å². The molecule has 2 rings (SSSR count). The van der Waals surface area contributed by atoms with Crippen LogP contribution in [0.3, 0.4) is 0 Å². The third-order valence-electron chi connectivity index (χ3n) is 5.11. The fourth-order valence-electron chi connectivity index (χ4n) is 3.51. The molecule has 3 nitrogen and oxygen atoms in total. The van der Waals surface area contributed by atoms with Crippen molar-refractivity contribution in [1.29, 1.82) is 5.26 Å². The lowest BCUT2D eigenvalue weighted by molar-refractivity contribution is -0.161. The van der Waals surface area contributed by atoms with Gasteiger partial charge < -0.3 is 4.74 Å². The predicted octanol–water partition coefficient (Wildman–Crippen LogP) is 3.68. The van der Waals surface area contributed by atoms with Gasteiger partial charge in [0.15, 0.2) is 0 Å². The van der Waals surface area contributed by atoms with Crippen LogP contribution in [0.1, 0.15) is 59.3 Å². The molecule has 0 spiro atoms. The molecule has 0 saturated heterocycles. The Morgan fingerprint density at radius 1 is 1.32 bits per heavy atom. The molecule has 19 heavy (non-hydrogen) atoms. The minimum Gasteiger partial charge on any atom is -0.462 e. The van der Waals surface area contributed by atoms with Crippen LogP contribution in [0.15, 0.2) is 0 Å². The third-order valence-corrected chi connectivity index (χ3v) is 5.11. The van der Waals surface area contributed by atoms with Crippen molar-refractivity contribution < 1.29 is 9.53 Å². The van der Waals surface area contributed by atoms with E-state index < -0.39 is 0 Å². The zero-order valence-electron chi connectivity index (χ0n) is 12.3. The van der Waals surface area contributed by atoms with E-state index in [2.05, 4.69) is 6.07 Å². The van der Waals surface area contributed by atoms with Crippen molar-refractivity contribution in [3.05, 3.63) is 0 Å². The average Bonchev–Trinajstić information content (AvgIpc) is 2.64. The minimum absolute atomic E-state index is 0.0515. The van der Waals surface area contributed by atoms with E-state index in [-0.39, 0.29) is 17.5 Å². The van der Waals surface area contributed by atoms with Gasteiger partial charge in [-0.3, -0.25) is 4.79 Å². The summed E-state index contributed by atoms with van der Waals surface area (Å²) in [5.74, 6) is 1.63. The van der Waals surface area contributed by atoms with Gasteiger partial charge in [0.25, 0.3) is 0 Å². The number of fused-ring (bicyclic) bond motifs is 2. The van der Waals surface area contributed by atoms with Gasteiger partial charge in [-0.25, -0.2) is 0 Å². The normalized spacial score (nSPS) is 33.8. The van der Waals surface area contributed by atoms with Crippen molar-refractivity contribution in [2.45, 2.75) is 65.4 Å². The summed E-state index contributed by atoms with van der Waals surface area (Å²) in [6.07, 6.45) is 5.98. The average molecular weight is 263 g/mol. The Labute approximate surface area is 116 Å². The first-order valence-electron chi connectivity index (χ1n) is 7.54. The first-order chi connectivity index (χ1) is 8.96. The van der Waals surface area contributed by atoms with Gasteiger partial charge >= 0.3 is 5.97 Å². The smallest absolute Gasteiger partial charge is 0.311 e. The van der Waals surface area contributed by atoms with Gasteiger partial charge in [0, 0.05) is 6.42 Å². The molecule has 0 aromatic heterocycles. The fraction of sp³-hybridized carbons (Fsp3) is 0.875. The molecule has 3 heteroatoms. The topological polar surface area (TPSA) is 50.1 Å². The van der Waals surface area contributed by atoms with E-state index >= 15 is 0 Å². The Kier molecular flexibility index (Phi) is 4.18. The Morgan fingerprint density at radius 3 is 2.68 bits per heavy atom. The quantitative estimate of drug-likeness (QED) is 0.727. The highest BCUT2D eigenvalue weighted by Gasteiger charge is 2.43. The summed E-state index contributed by atoms with van der Waals surface area (Å²) >= 11 is 0. The van der Waals surface area contributed by atoms with Gasteiger partial charge in [0.1, 0.15) is 6.10 Å². The second-order valence-corrected chi connectivity index (χ2v) is 6.98. The summed E-state index contributed by atoms with van der Waals surface area (Å²) in [6, 6.07) is 2.29.